The first kappa shape index (κ1) is 20.3. The quantitative estimate of drug-likeness (QED) is 0.809. The van der Waals surface area contributed by atoms with E-state index in [9.17, 15) is 0 Å². The topological polar surface area (TPSA) is 34.1 Å². The minimum absolute atomic E-state index is 0.298. The summed E-state index contributed by atoms with van der Waals surface area (Å²) in [6, 6.07) is 10.1. The highest BCUT2D eigenvalue weighted by molar-refractivity contribution is 5.98. The summed E-state index contributed by atoms with van der Waals surface area (Å²) < 4.78 is 0. The molecule has 4 rings (SSSR count). The molecule has 1 N–H and O–H groups in total. The second-order valence-corrected chi connectivity index (χ2v) is 8.78. The van der Waals surface area contributed by atoms with Gasteiger partial charge in [0.1, 0.15) is 0 Å². The summed E-state index contributed by atoms with van der Waals surface area (Å²) in [6.07, 6.45) is 13.1. The third-order valence-corrected chi connectivity index (χ3v) is 6.57. The van der Waals surface area contributed by atoms with Crippen molar-refractivity contribution in [2.24, 2.45) is 4.99 Å². The highest BCUT2D eigenvalue weighted by Gasteiger charge is 2.27. The molecule has 0 aromatic heterocycles. The Morgan fingerprint density at radius 3 is 2.45 bits per heavy atom. The Morgan fingerprint density at radius 2 is 1.76 bits per heavy atom. The molecular weight excluding hydrogens is 358 g/mol. The van der Waals surface area contributed by atoms with Crippen molar-refractivity contribution in [2.75, 3.05) is 43.0 Å². The number of nitrogens with zero attached hydrogens (tertiary/aromatic N) is 4. The van der Waals surface area contributed by atoms with Gasteiger partial charge in [-0.1, -0.05) is 32.6 Å². The number of hydrogen-bond donors (Lipinski definition) is 1. The minimum Gasteiger partial charge on any atom is -0.369 e. The SMILES string of the molecule is CCCC1C=CNC(N(c2ccc(N3CCN(C)CC3)cc2)C2CCCCC2)=N1. The average Bonchev–Trinajstić information content (AvgIpc) is 2.76. The largest absolute Gasteiger partial charge is 0.369 e. The van der Waals surface area contributed by atoms with E-state index >= 15 is 0 Å². The molecule has 3 aliphatic rings. The predicted octanol–water partition coefficient (Wildman–Crippen LogP) is 4.22. The van der Waals surface area contributed by atoms with Crippen LogP contribution >= 0.6 is 0 Å². The first-order valence-electron chi connectivity index (χ1n) is 11.6. The Hall–Kier alpha value is -2.01. The lowest BCUT2D eigenvalue weighted by Gasteiger charge is -2.38. The van der Waals surface area contributed by atoms with Gasteiger partial charge in [0.05, 0.1) is 6.04 Å². The fourth-order valence-electron chi connectivity index (χ4n) is 4.79. The van der Waals surface area contributed by atoms with Crippen LogP contribution in [0.4, 0.5) is 11.4 Å². The first-order valence-corrected chi connectivity index (χ1v) is 11.6. The molecule has 0 spiro atoms. The fraction of sp³-hybridized carbons (Fsp3) is 0.625. The van der Waals surface area contributed by atoms with E-state index in [1.807, 2.05) is 0 Å². The number of nitrogens with one attached hydrogen (secondary N) is 1. The number of likely N-dealkylation sites (N-methyl/N-ethyl adjacent to an activating group) is 1. The van der Waals surface area contributed by atoms with Crippen LogP contribution in [0.5, 0.6) is 0 Å². The maximum atomic E-state index is 5.07. The van der Waals surface area contributed by atoms with Crippen molar-refractivity contribution in [3.8, 4) is 0 Å². The standard InChI is InChI=1S/C24H37N5/c1-3-7-20-14-15-25-24(26-20)29(22-8-5-4-6-9-22)23-12-10-21(11-13-23)28-18-16-27(2)17-19-28/h10-15,20,22H,3-9,16-19H2,1-2H3,(H,25,26). The van der Waals surface area contributed by atoms with Crippen LogP contribution < -0.4 is 15.1 Å². The van der Waals surface area contributed by atoms with E-state index in [0.717, 1.165) is 45.0 Å². The van der Waals surface area contributed by atoms with Gasteiger partial charge in [-0.15, -0.1) is 0 Å². The lowest BCUT2D eigenvalue weighted by atomic mass is 9.94. The number of hydrogen-bond acceptors (Lipinski definition) is 5. The zero-order valence-electron chi connectivity index (χ0n) is 18.2. The van der Waals surface area contributed by atoms with Gasteiger partial charge in [0.2, 0.25) is 5.96 Å². The Bertz CT molecular complexity index is 696. The number of aliphatic imine (C=N–C) groups is 1. The number of benzene rings is 1. The molecule has 1 saturated carbocycles. The van der Waals surface area contributed by atoms with Crippen LogP contribution in [0.1, 0.15) is 51.9 Å². The summed E-state index contributed by atoms with van der Waals surface area (Å²) in [7, 11) is 2.21. The minimum atomic E-state index is 0.298. The van der Waals surface area contributed by atoms with E-state index in [1.54, 1.807) is 0 Å². The molecule has 1 aromatic rings. The van der Waals surface area contributed by atoms with Crippen LogP contribution in [0.25, 0.3) is 0 Å². The van der Waals surface area contributed by atoms with Gasteiger partial charge in [-0.25, -0.2) is 4.99 Å². The maximum Gasteiger partial charge on any atom is 0.203 e. The summed E-state index contributed by atoms with van der Waals surface area (Å²) in [4.78, 5) is 12.5. The Labute approximate surface area is 176 Å². The Balaban J connectivity index is 1.56. The van der Waals surface area contributed by atoms with Crippen molar-refractivity contribution >= 4 is 17.3 Å². The van der Waals surface area contributed by atoms with E-state index in [-0.39, 0.29) is 0 Å². The van der Waals surface area contributed by atoms with Gasteiger partial charge in [-0.3, -0.25) is 0 Å². The molecule has 1 saturated heterocycles. The molecule has 2 fully saturated rings. The van der Waals surface area contributed by atoms with Gasteiger partial charge in [0, 0.05) is 49.8 Å². The van der Waals surface area contributed by atoms with E-state index in [1.165, 1.54) is 43.5 Å². The summed E-state index contributed by atoms with van der Waals surface area (Å²) in [5.74, 6) is 1.03. The number of guanidine groups is 1. The molecule has 1 unspecified atom stereocenters. The smallest absolute Gasteiger partial charge is 0.203 e. The molecule has 0 radical (unpaired) electrons. The van der Waals surface area contributed by atoms with Crippen LogP contribution in [-0.2, 0) is 0 Å². The van der Waals surface area contributed by atoms with Crippen molar-refractivity contribution in [2.45, 2.75) is 64.0 Å². The monoisotopic (exact) mass is 395 g/mol. The van der Waals surface area contributed by atoms with Crippen LogP contribution in [0, 0.1) is 0 Å². The Morgan fingerprint density at radius 1 is 1.03 bits per heavy atom. The summed E-state index contributed by atoms with van der Waals surface area (Å²) in [5, 5.41) is 3.47. The van der Waals surface area contributed by atoms with Crippen molar-refractivity contribution in [3.05, 3.63) is 36.5 Å². The molecule has 0 bridgehead atoms. The summed E-state index contributed by atoms with van der Waals surface area (Å²) >= 11 is 0. The number of piperazine rings is 1. The van der Waals surface area contributed by atoms with Crippen LogP contribution in [0.2, 0.25) is 0 Å². The normalized spacial score (nSPS) is 23.6. The zero-order valence-corrected chi connectivity index (χ0v) is 18.2. The second-order valence-electron chi connectivity index (χ2n) is 8.78. The van der Waals surface area contributed by atoms with Gasteiger partial charge in [0.25, 0.3) is 0 Å². The number of anilines is 2. The molecule has 1 aliphatic carbocycles. The highest BCUT2D eigenvalue weighted by atomic mass is 15.3. The lowest BCUT2D eigenvalue weighted by molar-refractivity contribution is 0.313. The van der Waals surface area contributed by atoms with E-state index in [4.69, 9.17) is 4.99 Å². The molecule has 1 atom stereocenters. The Kier molecular flexibility index (Phi) is 6.75. The third kappa shape index (κ3) is 4.95. The first-order chi connectivity index (χ1) is 14.2. The summed E-state index contributed by atoms with van der Waals surface area (Å²) in [6.45, 7) is 6.74. The van der Waals surface area contributed by atoms with Crippen molar-refractivity contribution in [1.82, 2.24) is 10.2 Å². The van der Waals surface area contributed by atoms with Crippen LogP contribution in [0.3, 0.4) is 0 Å². The van der Waals surface area contributed by atoms with E-state index in [2.05, 4.69) is 70.5 Å². The van der Waals surface area contributed by atoms with Crippen molar-refractivity contribution < 1.29 is 0 Å². The van der Waals surface area contributed by atoms with Gasteiger partial charge in [-0.05, 0) is 56.7 Å². The second kappa shape index (κ2) is 9.66. The molecule has 5 heteroatoms. The molecule has 2 aliphatic heterocycles. The molecule has 1 aromatic carbocycles. The zero-order chi connectivity index (χ0) is 20.1. The predicted molar refractivity (Wildman–Crippen MR) is 124 cm³/mol. The molecule has 158 valence electrons. The van der Waals surface area contributed by atoms with Crippen molar-refractivity contribution in [3.63, 3.8) is 0 Å². The van der Waals surface area contributed by atoms with Crippen LogP contribution in [-0.4, -0.2) is 56.2 Å². The molecule has 5 nitrogen and oxygen atoms in total. The lowest BCUT2D eigenvalue weighted by Crippen LogP contribution is -2.48. The van der Waals surface area contributed by atoms with E-state index < -0.39 is 0 Å². The molecular formula is C24H37N5. The van der Waals surface area contributed by atoms with Gasteiger partial charge < -0.3 is 20.0 Å². The molecule has 0 amide bonds. The fourth-order valence-corrected chi connectivity index (χ4v) is 4.79. The average molecular weight is 396 g/mol. The van der Waals surface area contributed by atoms with Crippen LogP contribution in [0.15, 0.2) is 41.5 Å². The molecule has 2 heterocycles. The van der Waals surface area contributed by atoms with Gasteiger partial charge >= 0.3 is 0 Å². The number of rotatable bonds is 5. The van der Waals surface area contributed by atoms with Gasteiger partial charge in [-0.2, -0.15) is 0 Å². The maximum absolute atomic E-state index is 5.07. The van der Waals surface area contributed by atoms with E-state index in [0.29, 0.717) is 12.1 Å². The highest BCUT2D eigenvalue weighted by Crippen LogP contribution is 2.30. The van der Waals surface area contributed by atoms with Crippen molar-refractivity contribution in [1.29, 1.82) is 0 Å². The molecule has 29 heavy (non-hydrogen) atoms. The summed E-state index contributed by atoms with van der Waals surface area (Å²) in [5.41, 5.74) is 2.61. The third-order valence-electron chi connectivity index (χ3n) is 6.57. The van der Waals surface area contributed by atoms with Gasteiger partial charge in [0.15, 0.2) is 0 Å².